The van der Waals surface area contributed by atoms with Crippen molar-refractivity contribution in [2.45, 2.75) is 12.1 Å². The van der Waals surface area contributed by atoms with E-state index in [0.29, 0.717) is 11.4 Å². The Labute approximate surface area is 178 Å². The Kier molecular flexibility index (Phi) is 4.67. The van der Waals surface area contributed by atoms with Crippen molar-refractivity contribution in [3.05, 3.63) is 90.2 Å². The van der Waals surface area contributed by atoms with Gasteiger partial charge in [0.25, 0.3) is 5.91 Å². The molecular weight excluding hydrogens is 399 g/mol. The van der Waals surface area contributed by atoms with Crippen LogP contribution < -0.4 is 14.7 Å². The van der Waals surface area contributed by atoms with Gasteiger partial charge in [0.15, 0.2) is 6.10 Å². The Hall–Kier alpha value is -3.71. The van der Waals surface area contributed by atoms with E-state index in [-0.39, 0.29) is 0 Å². The van der Waals surface area contributed by atoms with Crippen molar-refractivity contribution in [3.8, 4) is 5.75 Å². The van der Waals surface area contributed by atoms with E-state index >= 15 is 0 Å². The van der Waals surface area contributed by atoms with Gasteiger partial charge in [-0.05, 0) is 42.5 Å². The summed E-state index contributed by atoms with van der Waals surface area (Å²) in [6.45, 7) is 0. The number of hydroxylamine groups is 1. The van der Waals surface area contributed by atoms with Crippen LogP contribution in [0.4, 0.5) is 15.8 Å². The van der Waals surface area contributed by atoms with Crippen molar-refractivity contribution in [2.24, 2.45) is 5.92 Å². The first kappa shape index (κ1) is 19.3. The summed E-state index contributed by atoms with van der Waals surface area (Å²) in [5.41, 5.74) is 1.78. The van der Waals surface area contributed by atoms with Gasteiger partial charge in [-0.1, -0.05) is 36.4 Å². The average molecular weight is 418 g/mol. The van der Waals surface area contributed by atoms with Gasteiger partial charge in [-0.3, -0.25) is 14.4 Å². The van der Waals surface area contributed by atoms with Gasteiger partial charge in [0.1, 0.15) is 17.5 Å². The number of nitrogens with zero attached hydrogens (tertiary/aromatic N) is 2. The van der Waals surface area contributed by atoms with Gasteiger partial charge in [-0.25, -0.2) is 14.4 Å². The van der Waals surface area contributed by atoms with Gasteiger partial charge in [-0.15, -0.1) is 0 Å². The molecular formula is C24H19FN2O4. The monoisotopic (exact) mass is 418 g/mol. The molecule has 0 aliphatic carbocycles. The Morgan fingerprint density at radius 2 is 1.52 bits per heavy atom. The van der Waals surface area contributed by atoms with E-state index in [2.05, 4.69) is 0 Å². The molecule has 0 bridgehead atoms. The molecule has 31 heavy (non-hydrogen) atoms. The molecule has 7 heteroatoms. The quantitative estimate of drug-likeness (QED) is 0.602. The number of carbonyl (C=O) groups excluding carboxylic acids is 2. The van der Waals surface area contributed by atoms with E-state index in [1.54, 1.807) is 12.2 Å². The number of carbonyl (C=O) groups is 2. The lowest BCUT2D eigenvalue weighted by atomic mass is 9.90. The topological polar surface area (TPSA) is 59.1 Å². The molecule has 6 nitrogen and oxygen atoms in total. The Bertz CT molecular complexity index is 1140. The molecule has 0 saturated carbocycles. The second-order valence-electron chi connectivity index (χ2n) is 7.39. The number of para-hydroxylation sites is 2. The third-order valence-corrected chi connectivity index (χ3v) is 5.67. The van der Waals surface area contributed by atoms with E-state index < -0.39 is 35.7 Å². The Balaban J connectivity index is 1.61. The number of amides is 2. The molecule has 2 heterocycles. The maximum absolute atomic E-state index is 13.5. The highest BCUT2D eigenvalue weighted by molar-refractivity contribution is 6.23. The number of anilines is 2. The normalized spacial score (nSPS) is 22.7. The molecule has 156 valence electrons. The van der Waals surface area contributed by atoms with Crippen LogP contribution in [0, 0.1) is 11.7 Å². The minimum absolute atomic E-state index is 0.319. The molecule has 2 fully saturated rings. The first-order chi connectivity index (χ1) is 15.1. The van der Waals surface area contributed by atoms with Gasteiger partial charge >= 0.3 is 0 Å². The summed E-state index contributed by atoms with van der Waals surface area (Å²) in [7, 11) is 1.56. The van der Waals surface area contributed by atoms with Crippen molar-refractivity contribution in [3.63, 3.8) is 0 Å². The number of imide groups is 1. The van der Waals surface area contributed by atoms with Crippen molar-refractivity contribution in [1.82, 2.24) is 0 Å². The van der Waals surface area contributed by atoms with Crippen molar-refractivity contribution < 1.29 is 23.6 Å². The van der Waals surface area contributed by atoms with E-state index in [0.717, 1.165) is 16.2 Å². The number of methoxy groups -OCH3 is 1. The first-order valence-corrected chi connectivity index (χ1v) is 9.87. The standard InChI is InChI=1S/C24H19FN2O4/c1-30-19-10-6-5-9-18(19)21-20-22(31-27(21)17-7-3-2-4-8-17)24(29)26(23(20)28)16-13-11-15(25)12-14-16/h2-14,20-22H,1H3/t20-,21+,22-/m1/s1. The Morgan fingerprint density at radius 1 is 0.839 bits per heavy atom. The summed E-state index contributed by atoms with van der Waals surface area (Å²) < 4.78 is 18.9. The van der Waals surface area contributed by atoms with Crippen LogP contribution in [-0.4, -0.2) is 25.0 Å². The number of hydrogen-bond donors (Lipinski definition) is 0. The van der Waals surface area contributed by atoms with Gasteiger partial charge in [0.05, 0.1) is 24.5 Å². The number of fused-ring (bicyclic) bond motifs is 1. The molecule has 2 aliphatic heterocycles. The average Bonchev–Trinajstić information content (AvgIpc) is 3.31. The lowest BCUT2D eigenvalue weighted by molar-refractivity contribution is -0.126. The summed E-state index contributed by atoms with van der Waals surface area (Å²) in [5.74, 6) is -1.50. The zero-order valence-corrected chi connectivity index (χ0v) is 16.6. The van der Waals surface area contributed by atoms with Crippen molar-refractivity contribution >= 4 is 23.2 Å². The summed E-state index contributed by atoms with van der Waals surface area (Å²) in [6, 6.07) is 21.4. The molecule has 0 N–H and O–H groups in total. The predicted molar refractivity (Wildman–Crippen MR) is 112 cm³/mol. The fourth-order valence-corrected chi connectivity index (χ4v) is 4.28. The van der Waals surface area contributed by atoms with E-state index in [1.165, 1.54) is 24.3 Å². The summed E-state index contributed by atoms with van der Waals surface area (Å²) in [4.78, 5) is 33.9. The summed E-state index contributed by atoms with van der Waals surface area (Å²) in [5, 5.41) is 1.62. The lowest BCUT2D eigenvalue weighted by Gasteiger charge is -2.29. The molecule has 3 aromatic carbocycles. The summed E-state index contributed by atoms with van der Waals surface area (Å²) in [6.07, 6.45) is -0.993. The third kappa shape index (κ3) is 3.05. The highest BCUT2D eigenvalue weighted by atomic mass is 19.1. The van der Waals surface area contributed by atoms with Crippen LogP contribution in [0.15, 0.2) is 78.9 Å². The molecule has 2 saturated heterocycles. The van der Waals surface area contributed by atoms with Crippen LogP contribution in [0.2, 0.25) is 0 Å². The molecule has 0 unspecified atom stereocenters. The van der Waals surface area contributed by atoms with Crippen LogP contribution >= 0.6 is 0 Å². The van der Waals surface area contributed by atoms with Crippen LogP contribution in [-0.2, 0) is 14.4 Å². The molecule has 5 rings (SSSR count). The molecule has 0 radical (unpaired) electrons. The lowest BCUT2D eigenvalue weighted by Crippen LogP contribution is -2.37. The Morgan fingerprint density at radius 3 is 2.23 bits per heavy atom. The molecule has 0 aromatic heterocycles. The second-order valence-corrected chi connectivity index (χ2v) is 7.39. The fraction of sp³-hybridized carbons (Fsp3) is 0.167. The number of halogens is 1. The van der Waals surface area contributed by atoms with Crippen LogP contribution in [0.5, 0.6) is 5.75 Å². The van der Waals surface area contributed by atoms with Gasteiger partial charge in [-0.2, -0.15) is 0 Å². The minimum atomic E-state index is -0.993. The zero-order valence-electron chi connectivity index (χ0n) is 16.6. The van der Waals surface area contributed by atoms with E-state index in [9.17, 15) is 14.0 Å². The van der Waals surface area contributed by atoms with E-state index in [1.807, 2.05) is 54.6 Å². The predicted octanol–water partition coefficient (Wildman–Crippen LogP) is 3.89. The number of ether oxygens (including phenoxy) is 1. The highest BCUT2D eigenvalue weighted by Gasteiger charge is 2.60. The maximum Gasteiger partial charge on any atom is 0.266 e. The van der Waals surface area contributed by atoms with Crippen molar-refractivity contribution in [1.29, 1.82) is 0 Å². The van der Waals surface area contributed by atoms with Crippen molar-refractivity contribution in [2.75, 3.05) is 17.1 Å². The SMILES string of the molecule is COc1ccccc1[C@H]1[C@H]2C(=O)N(c3ccc(F)cc3)C(=O)[C@@H]2ON1c1ccccc1. The smallest absolute Gasteiger partial charge is 0.266 e. The highest BCUT2D eigenvalue weighted by Crippen LogP contribution is 2.49. The maximum atomic E-state index is 13.5. The molecule has 3 atom stereocenters. The second kappa shape index (κ2) is 7.52. The van der Waals surface area contributed by atoms with Crippen LogP contribution in [0.1, 0.15) is 11.6 Å². The molecule has 0 spiro atoms. The number of rotatable bonds is 4. The van der Waals surface area contributed by atoms with Gasteiger partial charge in [0.2, 0.25) is 5.91 Å². The van der Waals surface area contributed by atoms with E-state index in [4.69, 9.17) is 9.57 Å². The summed E-state index contributed by atoms with van der Waals surface area (Å²) >= 11 is 0. The number of benzene rings is 3. The van der Waals surface area contributed by atoms with Gasteiger partial charge in [0, 0.05) is 5.56 Å². The van der Waals surface area contributed by atoms with Crippen LogP contribution in [0.3, 0.4) is 0 Å². The zero-order chi connectivity index (χ0) is 21.5. The molecule has 2 amide bonds. The number of hydrogen-bond acceptors (Lipinski definition) is 5. The fourth-order valence-electron chi connectivity index (χ4n) is 4.28. The first-order valence-electron chi connectivity index (χ1n) is 9.87. The van der Waals surface area contributed by atoms with Crippen LogP contribution in [0.25, 0.3) is 0 Å². The minimum Gasteiger partial charge on any atom is -0.496 e. The molecule has 2 aliphatic rings. The third-order valence-electron chi connectivity index (χ3n) is 5.67. The van der Waals surface area contributed by atoms with Gasteiger partial charge < -0.3 is 4.74 Å². The largest absolute Gasteiger partial charge is 0.496 e. The molecule has 3 aromatic rings.